The number of benzene rings is 1. The second-order valence-electron chi connectivity index (χ2n) is 6.89. The Labute approximate surface area is 166 Å². The second kappa shape index (κ2) is 12.0. The lowest BCUT2D eigenvalue weighted by atomic mass is 9.95. The van der Waals surface area contributed by atoms with Crippen LogP contribution in [0.1, 0.15) is 52.0 Å². The molecule has 0 spiro atoms. The second-order valence-corrected chi connectivity index (χ2v) is 8.90. The van der Waals surface area contributed by atoms with Crippen LogP contribution in [-0.4, -0.2) is 46.9 Å². The van der Waals surface area contributed by atoms with E-state index in [1.54, 1.807) is 0 Å². The van der Waals surface area contributed by atoms with Crippen molar-refractivity contribution in [3.63, 3.8) is 0 Å². The number of aliphatic imine (C=N–C) groups is 1. The third kappa shape index (κ3) is 7.53. The van der Waals surface area contributed by atoms with Crippen molar-refractivity contribution in [3.05, 3.63) is 29.8 Å². The van der Waals surface area contributed by atoms with Gasteiger partial charge in [0.25, 0.3) is 0 Å². The molecule has 0 heterocycles. The number of hydrogen-bond donors (Lipinski definition) is 2. The maximum Gasteiger partial charge on any atom is 0.191 e. The van der Waals surface area contributed by atoms with Gasteiger partial charge in [0.15, 0.2) is 5.96 Å². The fraction of sp³-hybridized carbons (Fsp3) is 0.667. The predicted octanol–water partition coefficient (Wildman–Crippen LogP) is 3.26. The summed E-state index contributed by atoms with van der Waals surface area (Å²) in [5.41, 5.74) is 1.23. The smallest absolute Gasteiger partial charge is 0.191 e. The number of nitrogens with zero attached hydrogens (tertiary/aromatic N) is 1. The van der Waals surface area contributed by atoms with Crippen LogP contribution in [0.3, 0.4) is 0 Å². The van der Waals surface area contributed by atoms with E-state index in [4.69, 9.17) is 9.73 Å². The highest BCUT2D eigenvalue weighted by atomic mass is 32.2. The molecule has 3 atom stereocenters. The van der Waals surface area contributed by atoms with Crippen LogP contribution in [0.25, 0.3) is 0 Å². The molecule has 0 saturated heterocycles. The van der Waals surface area contributed by atoms with Crippen LogP contribution in [0.4, 0.5) is 0 Å². The van der Waals surface area contributed by atoms with Gasteiger partial charge in [0.2, 0.25) is 0 Å². The van der Waals surface area contributed by atoms with Crippen LogP contribution in [-0.2, 0) is 17.2 Å². The number of guanidine groups is 1. The summed E-state index contributed by atoms with van der Waals surface area (Å²) in [7, 11) is -0.699. The van der Waals surface area contributed by atoms with Gasteiger partial charge in [0.05, 0.1) is 6.61 Å². The van der Waals surface area contributed by atoms with Crippen LogP contribution in [0.2, 0.25) is 0 Å². The first-order valence-electron chi connectivity index (χ1n) is 10.3. The first kappa shape index (κ1) is 21.7. The Hall–Kier alpha value is -1.56. The normalized spacial score (nSPS) is 21.5. The van der Waals surface area contributed by atoms with Crippen LogP contribution < -0.4 is 15.4 Å². The molecule has 3 unspecified atom stereocenters. The van der Waals surface area contributed by atoms with E-state index in [2.05, 4.69) is 29.7 Å². The molecule has 2 N–H and O–H groups in total. The summed E-state index contributed by atoms with van der Waals surface area (Å²) >= 11 is 0. The van der Waals surface area contributed by atoms with E-state index in [-0.39, 0.29) is 0 Å². The first-order valence-corrected chi connectivity index (χ1v) is 11.7. The van der Waals surface area contributed by atoms with E-state index < -0.39 is 10.8 Å². The van der Waals surface area contributed by atoms with Crippen LogP contribution >= 0.6 is 0 Å². The summed E-state index contributed by atoms with van der Waals surface area (Å²) in [5, 5.41) is 7.23. The summed E-state index contributed by atoms with van der Waals surface area (Å²) in [6, 6.07) is 8.58. The lowest BCUT2D eigenvalue weighted by molar-refractivity contribution is 0.340. The zero-order valence-electron chi connectivity index (χ0n) is 17.0. The summed E-state index contributed by atoms with van der Waals surface area (Å²) in [6.07, 6.45) is 5.20. The van der Waals surface area contributed by atoms with Crippen LogP contribution in [0.15, 0.2) is 29.3 Å². The lowest BCUT2D eigenvalue weighted by Crippen LogP contribution is -2.46. The minimum Gasteiger partial charge on any atom is -0.494 e. The van der Waals surface area contributed by atoms with Crippen molar-refractivity contribution >= 4 is 16.8 Å². The van der Waals surface area contributed by atoms with Gasteiger partial charge in [0, 0.05) is 40.9 Å². The molecule has 1 aliphatic carbocycles. The Bertz CT molecular complexity index is 621. The highest BCUT2D eigenvalue weighted by molar-refractivity contribution is 7.85. The molecule has 0 radical (unpaired) electrons. The Kier molecular flexibility index (Phi) is 9.67. The average molecular weight is 394 g/mol. The molecule has 0 aromatic heterocycles. The largest absolute Gasteiger partial charge is 0.494 e. The topological polar surface area (TPSA) is 62.7 Å². The zero-order chi connectivity index (χ0) is 19.5. The van der Waals surface area contributed by atoms with E-state index in [1.165, 1.54) is 5.56 Å². The molecule has 27 heavy (non-hydrogen) atoms. The highest BCUT2D eigenvalue weighted by Crippen LogP contribution is 2.23. The lowest BCUT2D eigenvalue weighted by Gasteiger charge is -2.30. The van der Waals surface area contributed by atoms with E-state index in [0.29, 0.717) is 17.9 Å². The molecule has 0 aliphatic heterocycles. The fourth-order valence-corrected chi connectivity index (χ4v) is 4.87. The fourth-order valence-electron chi connectivity index (χ4n) is 3.52. The minimum absolute atomic E-state index is 0.324. The Morgan fingerprint density at radius 2 is 2.15 bits per heavy atom. The molecule has 152 valence electrons. The maximum absolute atomic E-state index is 12.2. The summed E-state index contributed by atoms with van der Waals surface area (Å²) in [4.78, 5) is 4.75. The third-order valence-electron chi connectivity index (χ3n) is 4.85. The molecule has 1 aromatic rings. The molecule has 5 nitrogen and oxygen atoms in total. The van der Waals surface area contributed by atoms with E-state index in [0.717, 1.165) is 62.7 Å². The predicted molar refractivity (Wildman–Crippen MR) is 115 cm³/mol. The summed E-state index contributed by atoms with van der Waals surface area (Å²) < 4.78 is 17.7. The summed E-state index contributed by atoms with van der Waals surface area (Å²) in [6.45, 7) is 8.33. The van der Waals surface area contributed by atoms with Crippen molar-refractivity contribution in [2.24, 2.45) is 4.99 Å². The molecule has 1 saturated carbocycles. The molecule has 6 heteroatoms. The van der Waals surface area contributed by atoms with Gasteiger partial charge in [0.1, 0.15) is 5.75 Å². The van der Waals surface area contributed by atoms with Crippen molar-refractivity contribution < 1.29 is 8.95 Å². The van der Waals surface area contributed by atoms with E-state index in [9.17, 15) is 4.21 Å². The zero-order valence-corrected chi connectivity index (χ0v) is 17.8. The van der Waals surface area contributed by atoms with Gasteiger partial charge < -0.3 is 15.4 Å². The van der Waals surface area contributed by atoms with Gasteiger partial charge in [-0.1, -0.05) is 25.5 Å². The third-order valence-corrected chi connectivity index (χ3v) is 6.59. The van der Waals surface area contributed by atoms with Crippen molar-refractivity contribution in [3.8, 4) is 5.75 Å². The number of ether oxygens (including phenoxy) is 1. The molecule has 1 aliphatic rings. The van der Waals surface area contributed by atoms with Crippen LogP contribution in [0, 0.1) is 0 Å². The summed E-state index contributed by atoms with van der Waals surface area (Å²) in [5.74, 6) is 2.54. The molecular formula is C21H35N3O2S. The quantitative estimate of drug-likeness (QED) is 0.499. The number of hydrogen-bond acceptors (Lipinski definition) is 3. The molecule has 0 amide bonds. The molecular weight excluding hydrogens is 358 g/mol. The van der Waals surface area contributed by atoms with Crippen molar-refractivity contribution in [1.82, 2.24) is 10.6 Å². The molecule has 1 fully saturated rings. The van der Waals surface area contributed by atoms with Gasteiger partial charge in [-0.2, -0.15) is 0 Å². The van der Waals surface area contributed by atoms with Gasteiger partial charge in [-0.05, 0) is 57.2 Å². The Balaban J connectivity index is 1.90. The molecule has 2 rings (SSSR count). The minimum atomic E-state index is -0.699. The average Bonchev–Trinajstić information content (AvgIpc) is 2.68. The van der Waals surface area contributed by atoms with E-state index >= 15 is 0 Å². The van der Waals surface area contributed by atoms with Gasteiger partial charge >= 0.3 is 0 Å². The van der Waals surface area contributed by atoms with Crippen molar-refractivity contribution in [2.75, 3.05) is 25.4 Å². The molecule has 1 aromatic carbocycles. The first-order chi connectivity index (χ1) is 13.2. The molecule has 0 bridgehead atoms. The number of rotatable bonds is 9. The van der Waals surface area contributed by atoms with E-state index in [1.807, 2.05) is 26.0 Å². The monoisotopic (exact) mass is 393 g/mol. The SMILES string of the molecule is CCNC(=NCCc1cccc(OCC)c1)NC1CCCC(S(=O)CC)C1. The number of nitrogens with one attached hydrogen (secondary N) is 2. The maximum atomic E-state index is 12.2. The van der Waals surface area contributed by atoms with Crippen LogP contribution in [0.5, 0.6) is 5.75 Å². The Morgan fingerprint density at radius 1 is 1.30 bits per heavy atom. The van der Waals surface area contributed by atoms with Crippen molar-refractivity contribution in [1.29, 1.82) is 0 Å². The van der Waals surface area contributed by atoms with Crippen molar-refractivity contribution in [2.45, 2.75) is 64.2 Å². The standard InChI is InChI=1S/C21H35N3O2S/c1-4-22-21(24-18-10-8-12-20(16-18)27(25)6-3)23-14-13-17-9-7-11-19(15-17)26-5-2/h7,9,11,15,18,20H,4-6,8,10,12-14,16H2,1-3H3,(H2,22,23,24). The van der Waals surface area contributed by atoms with Gasteiger partial charge in [-0.3, -0.25) is 9.20 Å². The highest BCUT2D eigenvalue weighted by Gasteiger charge is 2.25. The van der Waals surface area contributed by atoms with Gasteiger partial charge in [-0.15, -0.1) is 0 Å². The van der Waals surface area contributed by atoms with Gasteiger partial charge in [-0.25, -0.2) is 0 Å². The Morgan fingerprint density at radius 3 is 2.89 bits per heavy atom.